The second-order valence-electron chi connectivity index (χ2n) is 7.37. The number of hydrogen-bond acceptors (Lipinski definition) is 3. The minimum Gasteiger partial charge on any atom is -0.396 e. The number of halogens is 1. The first kappa shape index (κ1) is 20.5. The van der Waals surface area contributed by atoms with Crippen LogP contribution in [0.25, 0.3) is 11.1 Å². The van der Waals surface area contributed by atoms with E-state index in [9.17, 15) is 9.50 Å². The molecule has 2 rings (SSSR count). The maximum Gasteiger partial charge on any atom is 0.123 e. The molecule has 26 heavy (non-hydrogen) atoms. The molecule has 0 radical (unpaired) electrons. The smallest absolute Gasteiger partial charge is 0.123 e. The van der Waals surface area contributed by atoms with E-state index in [0.29, 0.717) is 0 Å². The molecule has 0 fully saturated rings. The Balaban J connectivity index is 2.77. The van der Waals surface area contributed by atoms with Crippen LogP contribution in [-0.2, 0) is 13.0 Å². The van der Waals surface area contributed by atoms with Crippen molar-refractivity contribution in [1.29, 1.82) is 0 Å². The first-order valence-corrected chi connectivity index (χ1v) is 9.43. The zero-order valence-electron chi connectivity index (χ0n) is 16.2. The van der Waals surface area contributed by atoms with E-state index in [0.717, 1.165) is 52.9 Å². The summed E-state index contributed by atoms with van der Waals surface area (Å²) in [6.07, 6.45) is 2.35. The molecular weight excluding hydrogens is 329 g/mol. The molecule has 0 aliphatic rings. The number of nitrogens with zero attached hydrogens (tertiary/aromatic N) is 1. The summed E-state index contributed by atoms with van der Waals surface area (Å²) in [5.74, 6) is 0.146. The molecule has 0 bridgehead atoms. The number of benzene rings is 1. The highest BCUT2D eigenvalue weighted by atomic mass is 19.1. The Labute approximate surface area is 155 Å². The largest absolute Gasteiger partial charge is 0.396 e. The van der Waals surface area contributed by atoms with E-state index >= 15 is 0 Å². The molecule has 1 aromatic heterocycles. The Morgan fingerprint density at radius 2 is 1.46 bits per heavy atom. The molecule has 2 aromatic rings. The van der Waals surface area contributed by atoms with E-state index in [1.807, 2.05) is 0 Å². The standard InChI is InChI=1S/C22H30FNO2/c1-14(2)21-18(7-5-6-12-25)20(16-8-10-17(23)11-9-16)19(13-26)22(24-21)15(3)4/h8-11,14-15,25-26H,5-7,12-13H2,1-4H3. The van der Waals surface area contributed by atoms with Crippen molar-refractivity contribution >= 4 is 0 Å². The Bertz CT molecular complexity index is 724. The SMILES string of the molecule is CC(C)c1nc(C(C)C)c(CCCCO)c(-c2ccc(F)cc2)c1CO. The van der Waals surface area contributed by atoms with Gasteiger partial charge in [-0.05, 0) is 59.9 Å². The van der Waals surface area contributed by atoms with Gasteiger partial charge in [0.05, 0.1) is 6.61 Å². The Hall–Kier alpha value is -1.78. The van der Waals surface area contributed by atoms with Gasteiger partial charge in [0.2, 0.25) is 0 Å². The molecule has 2 N–H and O–H groups in total. The van der Waals surface area contributed by atoms with Crippen LogP contribution in [0, 0.1) is 5.82 Å². The zero-order valence-corrected chi connectivity index (χ0v) is 16.2. The van der Waals surface area contributed by atoms with Gasteiger partial charge in [-0.15, -0.1) is 0 Å². The fourth-order valence-corrected chi connectivity index (χ4v) is 3.45. The molecule has 0 amide bonds. The third kappa shape index (κ3) is 4.49. The van der Waals surface area contributed by atoms with E-state index in [1.54, 1.807) is 12.1 Å². The number of unbranched alkanes of at least 4 members (excludes halogenated alkanes) is 1. The van der Waals surface area contributed by atoms with Crippen LogP contribution in [0.5, 0.6) is 0 Å². The summed E-state index contributed by atoms with van der Waals surface area (Å²) in [6.45, 7) is 8.45. The van der Waals surface area contributed by atoms with Gasteiger partial charge in [0.25, 0.3) is 0 Å². The normalized spacial score (nSPS) is 11.6. The highest BCUT2D eigenvalue weighted by Crippen LogP contribution is 2.37. The lowest BCUT2D eigenvalue weighted by molar-refractivity contribution is 0.279. The molecule has 1 aromatic carbocycles. The van der Waals surface area contributed by atoms with Crippen LogP contribution in [0.1, 0.15) is 74.9 Å². The summed E-state index contributed by atoms with van der Waals surface area (Å²) in [6, 6.07) is 6.46. The predicted octanol–water partition coefficient (Wildman–Crippen LogP) is 4.94. The molecule has 0 saturated heterocycles. The minimum absolute atomic E-state index is 0.0986. The van der Waals surface area contributed by atoms with Crippen LogP contribution in [0.3, 0.4) is 0 Å². The zero-order chi connectivity index (χ0) is 19.3. The summed E-state index contributed by atoms with van der Waals surface area (Å²) >= 11 is 0. The van der Waals surface area contributed by atoms with Gasteiger partial charge in [0.15, 0.2) is 0 Å². The fourth-order valence-electron chi connectivity index (χ4n) is 3.45. The highest BCUT2D eigenvalue weighted by molar-refractivity contribution is 5.73. The van der Waals surface area contributed by atoms with Gasteiger partial charge >= 0.3 is 0 Å². The van der Waals surface area contributed by atoms with Crippen LogP contribution in [-0.4, -0.2) is 21.8 Å². The summed E-state index contributed by atoms with van der Waals surface area (Å²) in [7, 11) is 0. The third-order valence-corrected chi connectivity index (χ3v) is 4.68. The van der Waals surface area contributed by atoms with E-state index in [2.05, 4.69) is 27.7 Å². The molecule has 3 nitrogen and oxygen atoms in total. The third-order valence-electron chi connectivity index (χ3n) is 4.68. The molecule has 0 unspecified atom stereocenters. The maximum absolute atomic E-state index is 13.5. The van der Waals surface area contributed by atoms with Crippen LogP contribution >= 0.6 is 0 Å². The number of pyridine rings is 1. The van der Waals surface area contributed by atoms with Crippen LogP contribution in [0.4, 0.5) is 4.39 Å². The van der Waals surface area contributed by atoms with E-state index < -0.39 is 0 Å². The van der Waals surface area contributed by atoms with Crippen LogP contribution in [0.15, 0.2) is 24.3 Å². The number of hydrogen-bond donors (Lipinski definition) is 2. The first-order valence-electron chi connectivity index (χ1n) is 9.43. The predicted molar refractivity (Wildman–Crippen MR) is 104 cm³/mol. The minimum atomic E-state index is -0.275. The van der Waals surface area contributed by atoms with Crippen molar-refractivity contribution in [1.82, 2.24) is 4.98 Å². The second kappa shape index (κ2) is 9.24. The molecule has 1 heterocycles. The molecule has 4 heteroatoms. The Morgan fingerprint density at radius 3 is 1.96 bits per heavy atom. The van der Waals surface area contributed by atoms with Crippen LogP contribution < -0.4 is 0 Å². The molecule has 0 aliphatic carbocycles. The number of aliphatic hydroxyl groups excluding tert-OH is 2. The van der Waals surface area contributed by atoms with Crippen molar-refractivity contribution in [2.75, 3.05) is 6.61 Å². The van der Waals surface area contributed by atoms with Gasteiger partial charge < -0.3 is 10.2 Å². The van der Waals surface area contributed by atoms with Crippen molar-refractivity contribution in [3.8, 4) is 11.1 Å². The van der Waals surface area contributed by atoms with Gasteiger partial charge in [0, 0.05) is 23.6 Å². The van der Waals surface area contributed by atoms with E-state index in [1.165, 1.54) is 12.1 Å². The average molecular weight is 359 g/mol. The first-order chi connectivity index (χ1) is 12.4. The van der Waals surface area contributed by atoms with Gasteiger partial charge in [-0.25, -0.2) is 4.39 Å². The highest BCUT2D eigenvalue weighted by Gasteiger charge is 2.23. The van der Waals surface area contributed by atoms with Gasteiger partial charge in [-0.1, -0.05) is 39.8 Å². The maximum atomic E-state index is 13.5. The lowest BCUT2D eigenvalue weighted by atomic mass is 9.85. The van der Waals surface area contributed by atoms with Crippen LogP contribution in [0.2, 0.25) is 0 Å². The fraction of sp³-hybridized carbons (Fsp3) is 0.500. The van der Waals surface area contributed by atoms with E-state index in [-0.39, 0.29) is 30.9 Å². The Morgan fingerprint density at radius 1 is 0.885 bits per heavy atom. The summed E-state index contributed by atoms with van der Waals surface area (Å²) < 4.78 is 13.5. The molecule has 0 aliphatic heterocycles. The summed E-state index contributed by atoms with van der Waals surface area (Å²) in [5, 5.41) is 19.3. The molecule has 142 valence electrons. The lowest BCUT2D eigenvalue weighted by Crippen LogP contribution is -2.12. The molecule has 0 spiro atoms. The molecule has 0 saturated carbocycles. The Kier molecular flexibility index (Phi) is 7.30. The van der Waals surface area contributed by atoms with Crippen molar-refractivity contribution in [3.63, 3.8) is 0 Å². The van der Waals surface area contributed by atoms with E-state index in [4.69, 9.17) is 10.1 Å². The van der Waals surface area contributed by atoms with Gasteiger partial charge in [-0.2, -0.15) is 0 Å². The van der Waals surface area contributed by atoms with Crippen molar-refractivity contribution < 1.29 is 14.6 Å². The molecular formula is C22H30FNO2. The summed E-state index contributed by atoms with van der Waals surface area (Å²) in [4.78, 5) is 4.93. The second-order valence-corrected chi connectivity index (χ2v) is 7.37. The number of aromatic nitrogens is 1. The van der Waals surface area contributed by atoms with Crippen molar-refractivity contribution in [2.24, 2.45) is 0 Å². The number of aliphatic hydroxyl groups is 2. The van der Waals surface area contributed by atoms with Crippen molar-refractivity contribution in [2.45, 2.75) is 65.4 Å². The quantitative estimate of drug-likeness (QED) is 0.656. The van der Waals surface area contributed by atoms with Gasteiger partial charge in [-0.3, -0.25) is 4.98 Å². The lowest BCUT2D eigenvalue weighted by Gasteiger charge is -2.24. The topological polar surface area (TPSA) is 53.4 Å². The monoisotopic (exact) mass is 359 g/mol. The average Bonchev–Trinajstić information content (AvgIpc) is 2.61. The van der Waals surface area contributed by atoms with Gasteiger partial charge in [0.1, 0.15) is 5.82 Å². The number of rotatable bonds is 8. The van der Waals surface area contributed by atoms with Crippen molar-refractivity contribution in [3.05, 3.63) is 52.6 Å². The summed E-state index contributed by atoms with van der Waals surface area (Å²) in [5.41, 5.74) is 5.75. The molecule has 0 atom stereocenters.